The van der Waals surface area contributed by atoms with E-state index in [2.05, 4.69) is 37.0 Å². The molecule has 0 aliphatic heterocycles. The summed E-state index contributed by atoms with van der Waals surface area (Å²) in [4.78, 5) is 5.60. The molecule has 0 N–H and O–H groups in total. The van der Waals surface area contributed by atoms with E-state index in [9.17, 15) is 0 Å². The first-order valence-corrected chi connectivity index (χ1v) is 6.92. The van der Waals surface area contributed by atoms with Gasteiger partial charge in [-0.3, -0.25) is 0 Å². The van der Waals surface area contributed by atoms with Crippen LogP contribution >= 0.6 is 11.3 Å². The molecular formula is C15H17NOS. The Morgan fingerprint density at radius 2 is 2.00 bits per heavy atom. The highest BCUT2D eigenvalue weighted by molar-refractivity contribution is 7.14. The molecule has 0 aliphatic carbocycles. The van der Waals surface area contributed by atoms with Gasteiger partial charge in [0.1, 0.15) is 17.4 Å². The number of rotatable bonds is 5. The zero-order valence-electron chi connectivity index (χ0n) is 10.7. The minimum Gasteiger partial charge on any atom is -0.490 e. The fourth-order valence-electron chi connectivity index (χ4n) is 1.56. The van der Waals surface area contributed by atoms with Crippen molar-refractivity contribution in [2.24, 2.45) is 0 Å². The van der Waals surface area contributed by atoms with Crippen LogP contribution in [0.15, 0.2) is 42.6 Å². The van der Waals surface area contributed by atoms with Gasteiger partial charge in [0.25, 0.3) is 0 Å². The smallest absolute Gasteiger partial charge is 0.123 e. The Bertz CT molecular complexity index is 514. The van der Waals surface area contributed by atoms with Gasteiger partial charge >= 0.3 is 0 Å². The quantitative estimate of drug-likeness (QED) is 0.739. The van der Waals surface area contributed by atoms with E-state index in [4.69, 9.17) is 4.74 Å². The van der Waals surface area contributed by atoms with E-state index in [0.717, 1.165) is 22.7 Å². The van der Waals surface area contributed by atoms with E-state index >= 15 is 0 Å². The molecule has 1 heterocycles. The molecule has 0 fully saturated rings. The maximum absolute atomic E-state index is 5.60. The summed E-state index contributed by atoms with van der Waals surface area (Å²) < 4.78 is 5.60. The number of ether oxygens (including phenoxy) is 1. The van der Waals surface area contributed by atoms with Gasteiger partial charge in [-0.1, -0.05) is 19.1 Å². The number of hydrogen-bond acceptors (Lipinski definition) is 3. The van der Waals surface area contributed by atoms with Gasteiger partial charge in [0.05, 0.1) is 0 Å². The molecule has 18 heavy (non-hydrogen) atoms. The minimum absolute atomic E-state index is 0.629. The SMILES string of the molecule is CC/C=C/COc1ccc(-c2ncc(C)s2)cc1. The zero-order chi connectivity index (χ0) is 12.8. The average Bonchev–Trinajstić information content (AvgIpc) is 2.82. The zero-order valence-corrected chi connectivity index (χ0v) is 11.5. The van der Waals surface area contributed by atoms with Gasteiger partial charge in [-0.2, -0.15) is 0 Å². The number of hydrogen-bond donors (Lipinski definition) is 0. The average molecular weight is 259 g/mol. The van der Waals surface area contributed by atoms with Crippen LogP contribution in [0.25, 0.3) is 10.6 Å². The van der Waals surface area contributed by atoms with Crippen molar-refractivity contribution in [1.82, 2.24) is 4.98 Å². The molecule has 3 heteroatoms. The van der Waals surface area contributed by atoms with Gasteiger partial charge in [-0.05, 0) is 37.6 Å². The van der Waals surface area contributed by atoms with Gasteiger partial charge in [0, 0.05) is 16.6 Å². The molecule has 0 saturated heterocycles. The summed E-state index contributed by atoms with van der Waals surface area (Å²) in [5.74, 6) is 0.896. The third kappa shape index (κ3) is 3.44. The number of benzene rings is 1. The normalized spacial score (nSPS) is 11.0. The first-order chi connectivity index (χ1) is 8.79. The fraction of sp³-hybridized carbons (Fsp3) is 0.267. The van der Waals surface area contributed by atoms with Crippen LogP contribution in [-0.4, -0.2) is 11.6 Å². The molecule has 2 nitrogen and oxygen atoms in total. The molecule has 1 aromatic heterocycles. The Labute approximate surface area is 112 Å². The Kier molecular flexibility index (Phi) is 4.53. The lowest BCUT2D eigenvalue weighted by Crippen LogP contribution is -1.92. The standard InChI is InChI=1S/C15H17NOS/c1-3-4-5-10-17-14-8-6-13(7-9-14)15-16-11-12(2)18-15/h4-9,11H,3,10H2,1-2H3/b5-4+. The third-order valence-electron chi connectivity index (χ3n) is 2.47. The van der Waals surface area contributed by atoms with Crippen LogP contribution in [0.5, 0.6) is 5.75 Å². The lowest BCUT2D eigenvalue weighted by Gasteiger charge is -2.03. The van der Waals surface area contributed by atoms with Crippen LogP contribution < -0.4 is 4.74 Å². The van der Waals surface area contributed by atoms with E-state index in [0.29, 0.717) is 6.61 Å². The summed E-state index contributed by atoms with van der Waals surface area (Å²) in [6, 6.07) is 8.09. The molecule has 2 rings (SSSR count). The monoisotopic (exact) mass is 259 g/mol. The van der Waals surface area contributed by atoms with Crippen molar-refractivity contribution in [3.05, 3.63) is 47.5 Å². The van der Waals surface area contributed by atoms with E-state index in [1.54, 1.807) is 11.3 Å². The Hall–Kier alpha value is -1.61. The lowest BCUT2D eigenvalue weighted by atomic mass is 10.2. The Morgan fingerprint density at radius 3 is 2.61 bits per heavy atom. The Morgan fingerprint density at radius 1 is 1.22 bits per heavy atom. The van der Waals surface area contributed by atoms with Crippen molar-refractivity contribution < 1.29 is 4.74 Å². The second-order valence-corrected chi connectivity index (χ2v) is 5.23. The van der Waals surface area contributed by atoms with E-state index in [-0.39, 0.29) is 0 Å². The van der Waals surface area contributed by atoms with Crippen LogP contribution in [0.3, 0.4) is 0 Å². The van der Waals surface area contributed by atoms with Crippen LogP contribution in [0.4, 0.5) is 0 Å². The van der Waals surface area contributed by atoms with Crippen LogP contribution in [0.1, 0.15) is 18.2 Å². The maximum Gasteiger partial charge on any atom is 0.123 e. The summed E-state index contributed by atoms with van der Waals surface area (Å²) >= 11 is 1.71. The predicted octanol–water partition coefficient (Wildman–Crippen LogP) is 4.46. The molecule has 1 aromatic carbocycles. The molecule has 0 aliphatic rings. The summed E-state index contributed by atoms with van der Waals surface area (Å²) in [5.41, 5.74) is 1.14. The molecule has 0 spiro atoms. The molecule has 0 bridgehead atoms. The molecule has 0 amide bonds. The highest BCUT2D eigenvalue weighted by atomic mass is 32.1. The number of thiazole rings is 1. The number of aryl methyl sites for hydroxylation is 1. The van der Waals surface area contributed by atoms with Crippen molar-refractivity contribution in [3.63, 3.8) is 0 Å². The molecule has 94 valence electrons. The van der Waals surface area contributed by atoms with E-state index in [1.165, 1.54) is 4.88 Å². The number of allylic oxidation sites excluding steroid dienone is 1. The molecule has 0 unspecified atom stereocenters. The van der Waals surface area contributed by atoms with Gasteiger partial charge < -0.3 is 4.74 Å². The largest absolute Gasteiger partial charge is 0.490 e. The minimum atomic E-state index is 0.629. The van der Waals surface area contributed by atoms with Crippen molar-refractivity contribution in [1.29, 1.82) is 0 Å². The van der Waals surface area contributed by atoms with Crippen molar-refractivity contribution in [3.8, 4) is 16.3 Å². The first-order valence-electron chi connectivity index (χ1n) is 6.10. The highest BCUT2D eigenvalue weighted by Gasteiger charge is 2.02. The molecule has 0 atom stereocenters. The first kappa shape index (κ1) is 12.8. The van der Waals surface area contributed by atoms with Gasteiger partial charge in [-0.15, -0.1) is 11.3 Å². The molecule has 0 saturated carbocycles. The van der Waals surface area contributed by atoms with Crippen molar-refractivity contribution in [2.45, 2.75) is 20.3 Å². The number of aromatic nitrogens is 1. The summed E-state index contributed by atoms with van der Waals surface area (Å²) in [7, 11) is 0. The van der Waals surface area contributed by atoms with Crippen LogP contribution in [0, 0.1) is 6.92 Å². The maximum atomic E-state index is 5.60. The van der Waals surface area contributed by atoms with Crippen molar-refractivity contribution in [2.75, 3.05) is 6.61 Å². The van der Waals surface area contributed by atoms with Crippen molar-refractivity contribution >= 4 is 11.3 Å². The topological polar surface area (TPSA) is 22.1 Å². The van der Waals surface area contributed by atoms with Gasteiger partial charge in [0.2, 0.25) is 0 Å². The van der Waals surface area contributed by atoms with Crippen LogP contribution in [0.2, 0.25) is 0 Å². The fourth-order valence-corrected chi connectivity index (χ4v) is 2.33. The predicted molar refractivity (Wildman–Crippen MR) is 77.2 cm³/mol. The molecular weight excluding hydrogens is 242 g/mol. The summed E-state index contributed by atoms with van der Waals surface area (Å²) in [6.45, 7) is 4.81. The highest BCUT2D eigenvalue weighted by Crippen LogP contribution is 2.26. The molecule has 2 aromatic rings. The van der Waals surface area contributed by atoms with Crippen LogP contribution in [-0.2, 0) is 0 Å². The number of nitrogens with zero attached hydrogens (tertiary/aromatic N) is 1. The van der Waals surface area contributed by atoms with E-state index in [1.807, 2.05) is 24.4 Å². The lowest BCUT2D eigenvalue weighted by molar-refractivity contribution is 0.362. The second-order valence-electron chi connectivity index (χ2n) is 3.99. The summed E-state index contributed by atoms with van der Waals surface area (Å²) in [6.07, 6.45) is 7.09. The summed E-state index contributed by atoms with van der Waals surface area (Å²) in [5, 5.41) is 1.06. The van der Waals surface area contributed by atoms with Gasteiger partial charge in [0.15, 0.2) is 0 Å². The van der Waals surface area contributed by atoms with E-state index < -0.39 is 0 Å². The van der Waals surface area contributed by atoms with Gasteiger partial charge in [-0.25, -0.2) is 4.98 Å². The Balaban J connectivity index is 1.99. The third-order valence-corrected chi connectivity index (χ3v) is 3.43. The second kappa shape index (κ2) is 6.36. The molecule has 0 radical (unpaired) electrons.